The molecule has 0 spiro atoms. The standard InChI is InChI=1S/C26H28N4O/c1-18-12-20(25(16-27)10-5-11-25)7-8-22(18)19-6-9-23(30-13-19)26(31,24(2,3)4)21-14-28-17-29-15-21/h6-9,12-15,17,31H,5,10-11H2,1-4H3. The summed E-state index contributed by atoms with van der Waals surface area (Å²) in [5, 5.41) is 21.4. The van der Waals surface area contributed by atoms with Gasteiger partial charge in [0.05, 0.1) is 17.2 Å². The molecule has 31 heavy (non-hydrogen) atoms. The van der Waals surface area contributed by atoms with Gasteiger partial charge in [-0.25, -0.2) is 9.97 Å². The van der Waals surface area contributed by atoms with Crippen LogP contribution in [0.25, 0.3) is 11.1 Å². The third-order valence-corrected chi connectivity index (χ3v) is 6.71. The van der Waals surface area contributed by atoms with E-state index < -0.39 is 11.0 Å². The van der Waals surface area contributed by atoms with Crippen LogP contribution in [-0.2, 0) is 11.0 Å². The molecule has 1 N–H and O–H groups in total. The summed E-state index contributed by atoms with van der Waals surface area (Å²) in [4.78, 5) is 12.9. The van der Waals surface area contributed by atoms with Crippen molar-refractivity contribution in [3.63, 3.8) is 0 Å². The number of aromatic nitrogens is 3. The average molecular weight is 413 g/mol. The lowest BCUT2D eigenvalue weighted by Gasteiger charge is -2.39. The fourth-order valence-electron chi connectivity index (χ4n) is 4.50. The van der Waals surface area contributed by atoms with Gasteiger partial charge in [-0.05, 0) is 48.9 Å². The molecule has 5 heteroatoms. The number of nitriles is 1. The highest BCUT2D eigenvalue weighted by Crippen LogP contribution is 2.45. The molecule has 3 aromatic rings. The van der Waals surface area contributed by atoms with E-state index in [1.54, 1.807) is 18.6 Å². The molecule has 1 fully saturated rings. The topological polar surface area (TPSA) is 82.7 Å². The third-order valence-electron chi connectivity index (χ3n) is 6.71. The van der Waals surface area contributed by atoms with E-state index >= 15 is 0 Å². The summed E-state index contributed by atoms with van der Waals surface area (Å²) in [6.07, 6.45) is 9.53. The molecule has 0 aliphatic heterocycles. The highest BCUT2D eigenvalue weighted by atomic mass is 16.3. The van der Waals surface area contributed by atoms with Crippen molar-refractivity contribution in [2.75, 3.05) is 0 Å². The van der Waals surface area contributed by atoms with Crippen molar-refractivity contribution in [1.29, 1.82) is 5.26 Å². The van der Waals surface area contributed by atoms with Crippen LogP contribution in [0.1, 0.15) is 62.4 Å². The Bertz CT molecular complexity index is 1120. The summed E-state index contributed by atoms with van der Waals surface area (Å²) in [5.74, 6) is 0. The van der Waals surface area contributed by atoms with Crippen molar-refractivity contribution in [3.05, 3.63) is 77.6 Å². The first-order valence-electron chi connectivity index (χ1n) is 10.7. The molecule has 2 aromatic heterocycles. The van der Waals surface area contributed by atoms with E-state index in [9.17, 15) is 10.4 Å². The highest BCUT2D eigenvalue weighted by Gasteiger charge is 2.45. The second-order valence-electron chi connectivity index (χ2n) is 9.60. The Morgan fingerprint density at radius 1 is 1.03 bits per heavy atom. The largest absolute Gasteiger partial charge is 0.378 e. The molecule has 1 aromatic carbocycles. The minimum absolute atomic E-state index is 0.313. The Morgan fingerprint density at radius 2 is 1.74 bits per heavy atom. The Labute approximate surface area is 183 Å². The van der Waals surface area contributed by atoms with Gasteiger partial charge in [-0.15, -0.1) is 0 Å². The normalized spacial score (nSPS) is 17.3. The minimum Gasteiger partial charge on any atom is -0.378 e. The smallest absolute Gasteiger partial charge is 0.139 e. The van der Waals surface area contributed by atoms with Crippen LogP contribution in [0.3, 0.4) is 0 Å². The van der Waals surface area contributed by atoms with E-state index in [0.717, 1.165) is 41.5 Å². The molecule has 2 heterocycles. The van der Waals surface area contributed by atoms with E-state index in [4.69, 9.17) is 0 Å². The second-order valence-corrected chi connectivity index (χ2v) is 9.60. The fraction of sp³-hybridized carbons (Fsp3) is 0.385. The van der Waals surface area contributed by atoms with Crippen LogP contribution < -0.4 is 0 Å². The van der Waals surface area contributed by atoms with E-state index in [1.165, 1.54) is 6.33 Å². The lowest BCUT2D eigenvalue weighted by molar-refractivity contribution is -0.0301. The summed E-state index contributed by atoms with van der Waals surface area (Å²) in [6.45, 7) is 8.00. The van der Waals surface area contributed by atoms with Crippen molar-refractivity contribution in [3.8, 4) is 17.2 Å². The Morgan fingerprint density at radius 3 is 2.23 bits per heavy atom. The molecule has 1 aliphatic rings. The molecule has 0 saturated heterocycles. The zero-order valence-corrected chi connectivity index (χ0v) is 18.6. The molecule has 158 valence electrons. The van der Waals surface area contributed by atoms with Crippen LogP contribution >= 0.6 is 0 Å². The molecule has 4 rings (SSSR count). The minimum atomic E-state index is -1.32. The van der Waals surface area contributed by atoms with Crippen LogP contribution in [-0.4, -0.2) is 20.1 Å². The zero-order valence-electron chi connectivity index (χ0n) is 18.6. The number of aliphatic hydroxyl groups is 1. The monoisotopic (exact) mass is 412 g/mol. The van der Waals surface area contributed by atoms with Gasteiger partial charge in [0, 0.05) is 35.1 Å². The molecule has 0 amide bonds. The maximum Gasteiger partial charge on any atom is 0.139 e. The molecule has 0 radical (unpaired) electrons. The summed E-state index contributed by atoms with van der Waals surface area (Å²) in [7, 11) is 0. The van der Waals surface area contributed by atoms with E-state index in [-0.39, 0.29) is 5.41 Å². The van der Waals surface area contributed by atoms with Crippen LogP contribution in [0.2, 0.25) is 0 Å². The molecule has 0 bridgehead atoms. The quantitative estimate of drug-likeness (QED) is 0.646. The SMILES string of the molecule is Cc1cc(C2(C#N)CCC2)ccc1-c1ccc(C(O)(c2cncnc2)C(C)(C)C)nc1. The lowest BCUT2D eigenvalue weighted by Crippen LogP contribution is -2.42. The lowest BCUT2D eigenvalue weighted by atomic mass is 9.65. The summed E-state index contributed by atoms with van der Waals surface area (Å²) < 4.78 is 0. The van der Waals surface area contributed by atoms with Gasteiger partial charge in [-0.1, -0.05) is 45.0 Å². The number of rotatable bonds is 4. The first-order valence-corrected chi connectivity index (χ1v) is 10.7. The maximum atomic E-state index is 11.7. The predicted molar refractivity (Wildman–Crippen MR) is 120 cm³/mol. The highest BCUT2D eigenvalue weighted by molar-refractivity contribution is 5.67. The Kier molecular flexibility index (Phi) is 5.15. The molecule has 1 aliphatic carbocycles. The van der Waals surface area contributed by atoms with E-state index in [0.29, 0.717) is 11.3 Å². The average Bonchev–Trinajstić information content (AvgIpc) is 2.73. The number of nitrogens with zero attached hydrogens (tertiary/aromatic N) is 4. The van der Waals surface area contributed by atoms with Crippen molar-refractivity contribution in [1.82, 2.24) is 15.0 Å². The molecule has 5 nitrogen and oxygen atoms in total. The third kappa shape index (κ3) is 3.41. The fourth-order valence-corrected chi connectivity index (χ4v) is 4.50. The zero-order chi connectivity index (χ0) is 22.3. The summed E-state index contributed by atoms with van der Waals surface area (Å²) in [5.41, 5.74) is 3.32. The van der Waals surface area contributed by atoms with Crippen LogP contribution in [0.4, 0.5) is 0 Å². The first-order chi connectivity index (χ1) is 14.7. The second kappa shape index (κ2) is 7.55. The summed E-state index contributed by atoms with van der Waals surface area (Å²) >= 11 is 0. The van der Waals surface area contributed by atoms with Gasteiger partial charge >= 0.3 is 0 Å². The van der Waals surface area contributed by atoms with Gasteiger partial charge in [-0.3, -0.25) is 4.98 Å². The number of aryl methyl sites for hydroxylation is 1. The van der Waals surface area contributed by atoms with Crippen molar-refractivity contribution < 1.29 is 5.11 Å². The van der Waals surface area contributed by atoms with Crippen molar-refractivity contribution in [2.24, 2.45) is 5.41 Å². The summed E-state index contributed by atoms with van der Waals surface area (Å²) in [6, 6.07) is 12.7. The molecule has 1 atom stereocenters. The maximum absolute atomic E-state index is 11.7. The van der Waals surface area contributed by atoms with Gasteiger partial charge < -0.3 is 5.11 Å². The molecular formula is C26H28N4O. The number of pyridine rings is 1. The van der Waals surface area contributed by atoms with Gasteiger partial charge in [0.25, 0.3) is 0 Å². The Balaban J connectivity index is 1.71. The molecule has 1 unspecified atom stereocenters. The number of hydrogen-bond donors (Lipinski definition) is 1. The molecule has 1 saturated carbocycles. The predicted octanol–water partition coefficient (Wildman–Crippen LogP) is 5.07. The van der Waals surface area contributed by atoms with E-state index in [1.807, 2.05) is 32.9 Å². The van der Waals surface area contributed by atoms with Crippen LogP contribution in [0, 0.1) is 23.7 Å². The Hall–Kier alpha value is -3.10. The number of hydrogen-bond acceptors (Lipinski definition) is 5. The van der Waals surface area contributed by atoms with Crippen molar-refractivity contribution in [2.45, 2.75) is 58.0 Å². The van der Waals surface area contributed by atoms with Crippen LogP contribution in [0.15, 0.2) is 55.2 Å². The van der Waals surface area contributed by atoms with Gasteiger partial charge in [0.1, 0.15) is 11.9 Å². The van der Waals surface area contributed by atoms with Gasteiger partial charge in [0.2, 0.25) is 0 Å². The van der Waals surface area contributed by atoms with Crippen LogP contribution in [0.5, 0.6) is 0 Å². The molecular weight excluding hydrogens is 384 g/mol. The first kappa shape index (κ1) is 21.1. The number of benzene rings is 1. The van der Waals surface area contributed by atoms with Gasteiger partial charge in [-0.2, -0.15) is 5.26 Å². The van der Waals surface area contributed by atoms with Crippen molar-refractivity contribution >= 4 is 0 Å². The van der Waals surface area contributed by atoms with E-state index in [2.05, 4.69) is 46.1 Å². The van der Waals surface area contributed by atoms with Gasteiger partial charge in [0.15, 0.2) is 0 Å².